The zero-order chi connectivity index (χ0) is 14.0. The summed E-state index contributed by atoms with van der Waals surface area (Å²) in [6.45, 7) is 1.18. The Morgan fingerprint density at radius 3 is 2.28 bits per heavy atom. The van der Waals surface area contributed by atoms with E-state index in [1.165, 1.54) is 21.0 Å². The van der Waals surface area contributed by atoms with Crippen LogP contribution in [0.15, 0.2) is 12.1 Å². The largest absolute Gasteiger partial charge is 0.345 e. The maximum atomic E-state index is 13.8. The summed E-state index contributed by atoms with van der Waals surface area (Å²) in [5.41, 5.74) is -1.44. The van der Waals surface area contributed by atoms with E-state index in [1.54, 1.807) is 0 Å². The molecular weight excluding hydrogens is 243 g/mol. The van der Waals surface area contributed by atoms with Crippen LogP contribution in [-0.4, -0.2) is 35.6 Å². The van der Waals surface area contributed by atoms with Gasteiger partial charge >= 0.3 is 5.69 Å². The van der Waals surface area contributed by atoms with Crippen molar-refractivity contribution in [3.8, 4) is 0 Å². The van der Waals surface area contributed by atoms with E-state index in [0.29, 0.717) is 0 Å². The van der Waals surface area contributed by atoms with Gasteiger partial charge in [-0.05, 0) is 13.0 Å². The van der Waals surface area contributed by atoms with Gasteiger partial charge in [0.05, 0.1) is 10.5 Å². The summed E-state index contributed by atoms with van der Waals surface area (Å²) >= 11 is 0. The van der Waals surface area contributed by atoms with E-state index in [0.717, 1.165) is 17.0 Å². The van der Waals surface area contributed by atoms with Crippen LogP contribution in [0, 0.1) is 15.9 Å². The van der Waals surface area contributed by atoms with Crippen LogP contribution in [0.4, 0.5) is 10.1 Å². The molecule has 0 atom stereocenters. The molecule has 1 aromatic carbocycles. The zero-order valence-corrected chi connectivity index (χ0v) is 10.1. The number of carbonyl (C=O) groups is 2. The monoisotopic (exact) mass is 254 g/mol. The first-order valence-corrected chi connectivity index (χ1v) is 4.96. The summed E-state index contributed by atoms with van der Waals surface area (Å²) in [5, 5.41) is 10.7. The van der Waals surface area contributed by atoms with Crippen LogP contribution in [0.5, 0.6) is 0 Å². The minimum atomic E-state index is -1.23. The van der Waals surface area contributed by atoms with Gasteiger partial charge in [-0.3, -0.25) is 19.7 Å². The lowest BCUT2D eigenvalue weighted by Crippen LogP contribution is -2.23. The molecule has 0 saturated heterocycles. The van der Waals surface area contributed by atoms with Crippen molar-refractivity contribution in [2.75, 3.05) is 14.1 Å². The number of benzene rings is 1. The molecule has 7 heteroatoms. The van der Waals surface area contributed by atoms with Gasteiger partial charge in [0.1, 0.15) is 0 Å². The predicted octanol–water partition coefficient (Wildman–Crippen LogP) is 1.64. The fraction of sp³-hybridized carbons (Fsp3) is 0.273. The topological polar surface area (TPSA) is 80.5 Å². The Labute approximate surface area is 102 Å². The van der Waals surface area contributed by atoms with Gasteiger partial charge < -0.3 is 4.90 Å². The maximum absolute atomic E-state index is 13.8. The fourth-order valence-corrected chi connectivity index (χ4v) is 1.34. The quantitative estimate of drug-likeness (QED) is 0.466. The van der Waals surface area contributed by atoms with Crippen LogP contribution in [-0.2, 0) is 0 Å². The third-order valence-electron chi connectivity index (χ3n) is 2.29. The molecule has 96 valence electrons. The van der Waals surface area contributed by atoms with Gasteiger partial charge in [0, 0.05) is 25.7 Å². The third-order valence-corrected chi connectivity index (χ3v) is 2.29. The molecule has 0 fully saturated rings. The number of amides is 1. The summed E-state index contributed by atoms with van der Waals surface area (Å²) < 4.78 is 13.8. The maximum Gasteiger partial charge on any atom is 0.306 e. The highest BCUT2D eigenvalue weighted by atomic mass is 19.1. The minimum Gasteiger partial charge on any atom is -0.345 e. The second-order valence-corrected chi connectivity index (χ2v) is 3.87. The molecule has 18 heavy (non-hydrogen) atoms. The number of nitro benzene ring substituents is 1. The van der Waals surface area contributed by atoms with E-state index in [4.69, 9.17) is 0 Å². The molecule has 0 unspecified atom stereocenters. The van der Waals surface area contributed by atoms with Gasteiger partial charge in [-0.1, -0.05) is 0 Å². The second-order valence-electron chi connectivity index (χ2n) is 3.87. The molecule has 0 heterocycles. The molecule has 1 aromatic rings. The van der Waals surface area contributed by atoms with E-state index in [1.807, 2.05) is 0 Å². The Balaban J connectivity index is 3.55. The third kappa shape index (κ3) is 2.50. The summed E-state index contributed by atoms with van der Waals surface area (Å²) in [4.78, 5) is 33.7. The number of carbonyl (C=O) groups excluding carboxylic acids is 2. The zero-order valence-electron chi connectivity index (χ0n) is 10.1. The Hall–Kier alpha value is -2.31. The van der Waals surface area contributed by atoms with Gasteiger partial charge in [0.15, 0.2) is 5.78 Å². The van der Waals surface area contributed by atoms with Gasteiger partial charge in [-0.25, -0.2) is 0 Å². The molecule has 0 radical (unpaired) electrons. The second kappa shape index (κ2) is 4.91. The van der Waals surface area contributed by atoms with Crippen LogP contribution < -0.4 is 0 Å². The normalized spacial score (nSPS) is 10.0. The number of nitrogens with zero attached hydrogens (tertiary/aromatic N) is 2. The highest BCUT2D eigenvalue weighted by Gasteiger charge is 2.25. The highest BCUT2D eigenvalue weighted by Crippen LogP contribution is 2.24. The van der Waals surface area contributed by atoms with Crippen molar-refractivity contribution in [3.05, 3.63) is 39.2 Å². The first kappa shape index (κ1) is 13.8. The van der Waals surface area contributed by atoms with Crippen LogP contribution in [0.25, 0.3) is 0 Å². The number of hydrogen-bond donors (Lipinski definition) is 0. The van der Waals surface area contributed by atoms with Gasteiger partial charge in [-0.15, -0.1) is 0 Å². The van der Waals surface area contributed by atoms with Crippen molar-refractivity contribution < 1.29 is 18.9 Å². The Kier molecular flexibility index (Phi) is 3.75. The van der Waals surface area contributed by atoms with Crippen LogP contribution >= 0.6 is 0 Å². The van der Waals surface area contributed by atoms with Crippen LogP contribution in [0.2, 0.25) is 0 Å². The molecule has 0 bridgehead atoms. The number of halogens is 1. The van der Waals surface area contributed by atoms with Crippen LogP contribution in [0.3, 0.4) is 0 Å². The average molecular weight is 254 g/mol. The number of Topliss-reactive ketones (excluding diaryl/α,β-unsaturated/α-hetero) is 1. The van der Waals surface area contributed by atoms with Crippen molar-refractivity contribution in [2.45, 2.75) is 6.92 Å². The molecule has 0 spiro atoms. The number of rotatable bonds is 3. The lowest BCUT2D eigenvalue weighted by atomic mass is 10.0. The first-order valence-electron chi connectivity index (χ1n) is 4.96. The first-order chi connectivity index (χ1) is 8.25. The van der Waals surface area contributed by atoms with Crippen molar-refractivity contribution in [1.82, 2.24) is 4.90 Å². The Morgan fingerprint density at radius 1 is 1.33 bits per heavy atom. The number of nitro groups is 1. The molecule has 6 nitrogen and oxygen atoms in total. The summed E-state index contributed by atoms with van der Waals surface area (Å²) in [5.74, 6) is -2.45. The molecule has 0 saturated carbocycles. The molecule has 1 rings (SSSR count). The SMILES string of the molecule is CC(=O)c1cc(C(=O)N(C)C)c(F)c([N+](=O)[O-])c1. The Bertz CT molecular complexity index is 540. The summed E-state index contributed by atoms with van der Waals surface area (Å²) in [6.07, 6.45) is 0. The number of ketones is 1. The lowest BCUT2D eigenvalue weighted by Gasteiger charge is -2.11. The standard InChI is InChI=1S/C11H11FN2O4/c1-6(15)7-4-8(11(16)13(2)3)10(12)9(5-7)14(17)18/h4-5H,1-3H3. The summed E-state index contributed by atoms with van der Waals surface area (Å²) in [6, 6.07) is 1.84. The highest BCUT2D eigenvalue weighted by molar-refractivity contribution is 6.00. The molecule has 0 N–H and O–H groups in total. The number of hydrogen-bond acceptors (Lipinski definition) is 4. The van der Waals surface area contributed by atoms with Crippen molar-refractivity contribution >= 4 is 17.4 Å². The fourth-order valence-electron chi connectivity index (χ4n) is 1.34. The van der Waals surface area contributed by atoms with E-state index in [-0.39, 0.29) is 5.56 Å². The van der Waals surface area contributed by atoms with Crippen LogP contribution in [0.1, 0.15) is 27.6 Å². The van der Waals surface area contributed by atoms with Crippen molar-refractivity contribution in [3.63, 3.8) is 0 Å². The smallest absolute Gasteiger partial charge is 0.306 e. The van der Waals surface area contributed by atoms with Crippen molar-refractivity contribution in [1.29, 1.82) is 0 Å². The summed E-state index contributed by atoms with van der Waals surface area (Å²) in [7, 11) is 2.77. The van der Waals surface area contributed by atoms with Gasteiger partial charge in [-0.2, -0.15) is 4.39 Å². The van der Waals surface area contributed by atoms with Gasteiger partial charge in [0.25, 0.3) is 5.91 Å². The minimum absolute atomic E-state index is 0.0756. The Morgan fingerprint density at radius 2 is 1.89 bits per heavy atom. The molecule has 0 aromatic heterocycles. The molecular formula is C11H11FN2O4. The molecule has 0 aliphatic rings. The molecule has 1 amide bonds. The van der Waals surface area contributed by atoms with Gasteiger partial charge in [0.2, 0.25) is 5.82 Å². The lowest BCUT2D eigenvalue weighted by molar-refractivity contribution is -0.387. The molecule has 0 aliphatic heterocycles. The van der Waals surface area contributed by atoms with E-state index < -0.39 is 33.7 Å². The predicted molar refractivity (Wildman–Crippen MR) is 61.1 cm³/mol. The molecule has 0 aliphatic carbocycles. The van der Waals surface area contributed by atoms with Crippen molar-refractivity contribution in [2.24, 2.45) is 0 Å². The van der Waals surface area contributed by atoms with E-state index in [9.17, 15) is 24.1 Å². The average Bonchev–Trinajstić information content (AvgIpc) is 2.27. The van der Waals surface area contributed by atoms with E-state index in [2.05, 4.69) is 0 Å². The van der Waals surface area contributed by atoms with E-state index >= 15 is 0 Å².